The molecule has 2 heterocycles. The van der Waals surface area contributed by atoms with E-state index in [4.69, 9.17) is 48.9 Å². The Kier molecular flexibility index (Phi) is 15.5. The van der Waals surface area contributed by atoms with Crippen molar-refractivity contribution in [3.8, 4) is 91.5 Å². The monoisotopic (exact) mass is 1010 g/mol. The van der Waals surface area contributed by atoms with Crippen molar-refractivity contribution < 1.29 is 18.9 Å². The lowest BCUT2D eigenvalue weighted by Crippen LogP contribution is -2.09. The maximum absolute atomic E-state index is 6.62. The molecule has 0 spiro atoms. The van der Waals surface area contributed by atoms with E-state index in [9.17, 15) is 0 Å². The zero-order chi connectivity index (χ0) is 53.4. The molecule has 10 nitrogen and oxygen atoms in total. The van der Waals surface area contributed by atoms with Crippen LogP contribution in [0.1, 0.15) is 113 Å². The van der Waals surface area contributed by atoms with E-state index in [0.717, 1.165) is 0 Å². The average molecular weight is 1020 g/mol. The Labute approximate surface area is 451 Å². The van der Waals surface area contributed by atoms with Crippen LogP contribution in [0.25, 0.3) is 45.6 Å². The summed E-state index contributed by atoms with van der Waals surface area (Å²) in [6.45, 7) is 17.4. The highest BCUT2D eigenvalue weighted by molar-refractivity contribution is 5.72. The zero-order valence-corrected chi connectivity index (χ0v) is 44.8. The Balaban J connectivity index is 1.11. The van der Waals surface area contributed by atoms with Crippen LogP contribution < -0.4 is 18.9 Å². The van der Waals surface area contributed by atoms with Gasteiger partial charge in [-0.15, -0.1) is 0 Å². The first-order chi connectivity index (χ1) is 37.4. The zero-order valence-electron chi connectivity index (χ0n) is 44.8. The van der Waals surface area contributed by atoms with Crippen LogP contribution in [0.2, 0.25) is 0 Å². The van der Waals surface area contributed by atoms with Crippen LogP contribution in [0.15, 0.2) is 194 Å². The number of hydrogen-bond donors (Lipinski definition) is 0. The van der Waals surface area contributed by atoms with Crippen LogP contribution in [0, 0.1) is 0 Å². The van der Waals surface area contributed by atoms with Crippen LogP contribution >= 0.6 is 0 Å². The van der Waals surface area contributed by atoms with Gasteiger partial charge in [-0.2, -0.15) is 0 Å². The number of aromatic nitrogens is 6. The quantitative estimate of drug-likeness (QED) is 0.0823. The van der Waals surface area contributed by atoms with Crippen molar-refractivity contribution in [2.24, 2.45) is 0 Å². The van der Waals surface area contributed by atoms with Gasteiger partial charge in [0, 0.05) is 0 Å². The summed E-state index contributed by atoms with van der Waals surface area (Å²) in [5.74, 6) is 9.03. The molecule has 0 amide bonds. The fourth-order valence-corrected chi connectivity index (χ4v) is 8.77. The maximum atomic E-state index is 6.62. The molecule has 384 valence electrons. The van der Waals surface area contributed by atoms with Gasteiger partial charge in [-0.25, -0.2) is 29.9 Å². The number of para-hydroxylation sites is 4. The van der Waals surface area contributed by atoms with Crippen molar-refractivity contribution in [1.82, 2.24) is 29.9 Å². The first-order valence-corrected chi connectivity index (χ1v) is 26.4. The van der Waals surface area contributed by atoms with E-state index >= 15 is 0 Å². The van der Waals surface area contributed by atoms with E-state index in [1.807, 2.05) is 146 Å². The smallest absolute Gasteiger partial charge is 0.167 e. The molecule has 0 N–H and O–H groups in total. The lowest BCUT2D eigenvalue weighted by atomic mass is 10.0. The molecule has 0 aliphatic heterocycles. The minimum atomic E-state index is 0.0871. The van der Waals surface area contributed by atoms with E-state index in [1.54, 1.807) is 0 Å². The van der Waals surface area contributed by atoms with Gasteiger partial charge in [0.15, 0.2) is 23.3 Å². The molecule has 0 unspecified atom stereocenters. The molecule has 10 heteroatoms. The van der Waals surface area contributed by atoms with Crippen molar-refractivity contribution in [3.63, 3.8) is 0 Å². The van der Waals surface area contributed by atoms with Crippen molar-refractivity contribution >= 4 is 0 Å². The number of benzene rings is 8. The molecule has 2 aromatic heterocycles. The number of nitrogens with zero attached hydrogens (tertiary/aromatic N) is 6. The van der Waals surface area contributed by atoms with Crippen LogP contribution in [0.5, 0.6) is 46.0 Å². The fraction of sp³-hybridized carbons (Fsp3) is 0.194. The van der Waals surface area contributed by atoms with Gasteiger partial charge < -0.3 is 18.9 Å². The lowest BCUT2D eigenvalue weighted by molar-refractivity contribution is 0.483. The molecule has 0 saturated heterocycles. The molecule has 8 aromatic carbocycles. The van der Waals surface area contributed by atoms with Gasteiger partial charge in [0.05, 0.1) is 28.7 Å². The molecule has 0 atom stereocenters. The molecule has 10 rings (SSSR count). The van der Waals surface area contributed by atoms with Crippen molar-refractivity contribution in [2.45, 2.75) is 85.5 Å². The summed E-state index contributed by atoms with van der Waals surface area (Å²) in [4.78, 5) is 31.2. The van der Waals surface area contributed by atoms with Gasteiger partial charge in [0.25, 0.3) is 0 Å². The van der Waals surface area contributed by atoms with E-state index in [1.165, 1.54) is 22.3 Å². The predicted molar refractivity (Wildman–Crippen MR) is 307 cm³/mol. The van der Waals surface area contributed by atoms with Gasteiger partial charge in [-0.05, 0) is 143 Å². The Morgan fingerprint density at radius 2 is 0.468 bits per heavy atom. The second kappa shape index (κ2) is 23.3. The summed E-state index contributed by atoms with van der Waals surface area (Å²) in [6.07, 6.45) is 0.0871. The lowest BCUT2D eigenvalue weighted by Gasteiger charge is -2.16. The van der Waals surface area contributed by atoms with Gasteiger partial charge in [0.2, 0.25) is 0 Å². The molecule has 0 radical (unpaired) electrons. The Hall–Kier alpha value is -9.02. The topological polar surface area (TPSA) is 114 Å². The van der Waals surface area contributed by atoms with Gasteiger partial charge in [-0.3, -0.25) is 0 Å². The summed E-state index contributed by atoms with van der Waals surface area (Å²) < 4.78 is 26.5. The minimum Gasteiger partial charge on any atom is -0.457 e. The summed E-state index contributed by atoms with van der Waals surface area (Å²) in [5.41, 5.74) is 7.57. The standard InChI is InChI=1S/C67H62N6O4/c1-42(2)46-25-33-50(34-26-46)74-58-21-13-9-17-54(58)64-68-62(69-65(72-64)55-18-10-14-22-59(55)75-51-35-27-47(28-36-51)43(3)4)41-63-70-66(56-19-11-15-23-60(56)76-52-37-29-48(30-38-52)44(5)6)73-67(71-63)57-20-12-16-24-61(57)77-53-39-31-49(32-40-53)45(7)8/h9-40,42-45H,41H2,1-8H3. The largest absolute Gasteiger partial charge is 0.457 e. The molecule has 0 bridgehead atoms. The van der Waals surface area contributed by atoms with Crippen molar-refractivity contribution in [2.75, 3.05) is 0 Å². The van der Waals surface area contributed by atoms with Crippen molar-refractivity contribution in [1.29, 1.82) is 0 Å². The summed E-state index contributed by atoms with van der Waals surface area (Å²) in [7, 11) is 0. The number of hydrogen-bond acceptors (Lipinski definition) is 10. The fourth-order valence-electron chi connectivity index (χ4n) is 8.77. The highest BCUT2D eigenvalue weighted by atomic mass is 16.5. The van der Waals surface area contributed by atoms with Gasteiger partial charge in [0.1, 0.15) is 57.6 Å². The van der Waals surface area contributed by atoms with E-state index in [2.05, 4.69) is 104 Å². The third-order valence-corrected chi connectivity index (χ3v) is 13.3. The summed E-state index contributed by atoms with van der Waals surface area (Å²) in [6, 6.07) is 63.8. The number of rotatable bonds is 18. The number of ether oxygens (including phenoxy) is 4. The first-order valence-electron chi connectivity index (χ1n) is 26.4. The van der Waals surface area contributed by atoms with Crippen LogP contribution in [0.4, 0.5) is 0 Å². The molecule has 0 fully saturated rings. The van der Waals surface area contributed by atoms with E-state index in [0.29, 0.717) is 127 Å². The third kappa shape index (κ3) is 12.4. The third-order valence-electron chi connectivity index (χ3n) is 13.3. The normalized spacial score (nSPS) is 11.4. The SMILES string of the molecule is CC(C)c1ccc(Oc2ccccc2-c2nc(Cc3nc(-c4ccccc4Oc4ccc(C(C)C)cc4)nc(-c4ccccc4Oc4ccc(C(C)C)cc4)n3)nc(-c3ccccc3Oc3ccc(C(C)C)cc3)n2)cc1. The second-order valence-corrected chi connectivity index (χ2v) is 20.3. The second-order valence-electron chi connectivity index (χ2n) is 20.3. The van der Waals surface area contributed by atoms with Crippen molar-refractivity contribution in [3.05, 3.63) is 228 Å². The molecule has 0 aliphatic carbocycles. The molecular weight excluding hydrogens is 953 g/mol. The van der Waals surface area contributed by atoms with E-state index < -0.39 is 0 Å². The van der Waals surface area contributed by atoms with Crippen LogP contribution in [-0.4, -0.2) is 29.9 Å². The average Bonchev–Trinajstić information content (AvgIpc) is 3.45. The maximum Gasteiger partial charge on any atom is 0.167 e. The predicted octanol–water partition coefficient (Wildman–Crippen LogP) is 18.0. The molecule has 0 saturated carbocycles. The van der Waals surface area contributed by atoms with Crippen LogP contribution in [0.3, 0.4) is 0 Å². The Morgan fingerprint density at radius 1 is 0.260 bits per heavy atom. The van der Waals surface area contributed by atoms with Gasteiger partial charge in [-0.1, -0.05) is 152 Å². The first kappa shape index (κ1) is 51.5. The Morgan fingerprint density at radius 3 is 0.675 bits per heavy atom. The highest BCUT2D eigenvalue weighted by Crippen LogP contribution is 2.39. The molecule has 10 aromatic rings. The summed E-state index contributed by atoms with van der Waals surface area (Å²) >= 11 is 0. The Bertz CT molecular complexity index is 3150. The molecular formula is C67H62N6O4. The van der Waals surface area contributed by atoms with E-state index in [-0.39, 0.29) is 6.42 Å². The van der Waals surface area contributed by atoms with Gasteiger partial charge >= 0.3 is 0 Å². The highest BCUT2D eigenvalue weighted by Gasteiger charge is 2.22. The molecule has 77 heavy (non-hydrogen) atoms. The minimum absolute atomic E-state index is 0.0871. The molecule has 0 aliphatic rings. The van der Waals surface area contributed by atoms with Crippen LogP contribution in [-0.2, 0) is 6.42 Å². The summed E-state index contributed by atoms with van der Waals surface area (Å²) in [5, 5.41) is 0.